The second kappa shape index (κ2) is 7.02. The van der Waals surface area contributed by atoms with E-state index < -0.39 is 6.17 Å². The van der Waals surface area contributed by atoms with Gasteiger partial charge in [0.1, 0.15) is 6.17 Å². The third-order valence-corrected chi connectivity index (χ3v) is 4.24. The number of rotatable bonds is 6. The summed E-state index contributed by atoms with van der Waals surface area (Å²) in [6.07, 6.45) is 3.63. The summed E-state index contributed by atoms with van der Waals surface area (Å²) in [5, 5.41) is 7.76. The highest BCUT2D eigenvalue weighted by molar-refractivity contribution is 5.76. The van der Waals surface area contributed by atoms with E-state index in [0.29, 0.717) is 37.7 Å². The maximum atomic E-state index is 13.9. The van der Waals surface area contributed by atoms with Gasteiger partial charge in [0.2, 0.25) is 11.8 Å². The molecule has 24 heavy (non-hydrogen) atoms. The maximum absolute atomic E-state index is 13.9. The first kappa shape index (κ1) is 16.5. The summed E-state index contributed by atoms with van der Waals surface area (Å²) in [5.41, 5.74) is 0.990. The third kappa shape index (κ3) is 3.74. The predicted octanol–water partition coefficient (Wildman–Crippen LogP) is 1.98. The number of aryl methyl sites for hydroxylation is 2. The topological polar surface area (TPSA) is 75.6 Å². The molecule has 0 saturated carbocycles. The van der Waals surface area contributed by atoms with Crippen LogP contribution in [0.4, 0.5) is 10.4 Å². The standard InChI is InChI=1S/C16H21FN4O3/c1-11-18-19-16(24-11)21-8-13(17)7-14(21)9-20(2)15(22)4-3-12-5-6-23-10-12/h5-6,10,13-14H,3-4,7-9H2,1-2H3/t13-,14-/m0/s1. The lowest BCUT2D eigenvalue weighted by molar-refractivity contribution is -0.130. The number of aromatic nitrogens is 2. The number of amides is 1. The van der Waals surface area contributed by atoms with Crippen LogP contribution in [-0.2, 0) is 11.2 Å². The van der Waals surface area contributed by atoms with Crippen molar-refractivity contribution in [3.05, 3.63) is 30.0 Å². The minimum atomic E-state index is -0.961. The van der Waals surface area contributed by atoms with Crippen LogP contribution in [0.5, 0.6) is 0 Å². The maximum Gasteiger partial charge on any atom is 0.318 e. The van der Waals surface area contributed by atoms with Gasteiger partial charge < -0.3 is 18.6 Å². The van der Waals surface area contributed by atoms with Crippen LogP contribution < -0.4 is 4.90 Å². The lowest BCUT2D eigenvalue weighted by Crippen LogP contribution is -2.41. The number of halogens is 1. The van der Waals surface area contributed by atoms with Crippen molar-refractivity contribution >= 4 is 11.9 Å². The minimum Gasteiger partial charge on any atom is -0.472 e. The van der Waals surface area contributed by atoms with Crippen molar-refractivity contribution in [1.82, 2.24) is 15.1 Å². The molecule has 0 bridgehead atoms. The molecule has 2 aromatic rings. The average Bonchev–Trinajstić information content (AvgIpc) is 3.26. The molecule has 0 spiro atoms. The van der Waals surface area contributed by atoms with E-state index in [1.54, 1.807) is 36.3 Å². The van der Waals surface area contributed by atoms with Gasteiger partial charge in [-0.1, -0.05) is 5.10 Å². The summed E-state index contributed by atoms with van der Waals surface area (Å²) in [6.45, 7) is 2.33. The zero-order valence-corrected chi connectivity index (χ0v) is 13.8. The number of nitrogens with zero attached hydrogens (tertiary/aromatic N) is 4. The number of hydrogen-bond donors (Lipinski definition) is 0. The number of carbonyl (C=O) groups excluding carboxylic acids is 1. The van der Waals surface area contributed by atoms with E-state index in [9.17, 15) is 9.18 Å². The van der Waals surface area contributed by atoms with Crippen molar-refractivity contribution in [2.45, 2.75) is 38.4 Å². The zero-order chi connectivity index (χ0) is 17.1. The number of alkyl halides is 1. The lowest BCUT2D eigenvalue weighted by atomic mass is 10.1. The first-order valence-electron chi connectivity index (χ1n) is 7.99. The lowest BCUT2D eigenvalue weighted by Gasteiger charge is -2.27. The molecular formula is C16H21FN4O3. The summed E-state index contributed by atoms with van der Waals surface area (Å²) in [4.78, 5) is 15.7. The van der Waals surface area contributed by atoms with Crippen molar-refractivity contribution in [3.8, 4) is 0 Å². The number of likely N-dealkylation sites (N-methyl/N-ethyl adjacent to an activating group) is 1. The molecule has 1 fully saturated rings. The molecule has 0 unspecified atom stereocenters. The van der Waals surface area contributed by atoms with Gasteiger partial charge in [0.25, 0.3) is 0 Å². The Balaban J connectivity index is 1.57. The average molecular weight is 336 g/mol. The first-order valence-corrected chi connectivity index (χ1v) is 7.99. The smallest absolute Gasteiger partial charge is 0.318 e. The highest BCUT2D eigenvalue weighted by Gasteiger charge is 2.36. The fourth-order valence-corrected chi connectivity index (χ4v) is 2.96. The van der Waals surface area contributed by atoms with Crippen LogP contribution in [0.2, 0.25) is 0 Å². The van der Waals surface area contributed by atoms with E-state index >= 15 is 0 Å². The molecule has 1 amide bonds. The molecule has 3 heterocycles. The second-order valence-electron chi connectivity index (χ2n) is 6.15. The molecule has 8 heteroatoms. The predicted molar refractivity (Wildman–Crippen MR) is 84.3 cm³/mol. The van der Waals surface area contributed by atoms with E-state index in [1.807, 2.05) is 6.07 Å². The third-order valence-electron chi connectivity index (χ3n) is 4.24. The molecule has 7 nitrogen and oxygen atoms in total. The molecule has 0 N–H and O–H groups in total. The van der Waals surface area contributed by atoms with Gasteiger partial charge in [-0.05, 0) is 18.1 Å². The van der Waals surface area contributed by atoms with Crippen LogP contribution in [-0.4, -0.2) is 53.4 Å². The van der Waals surface area contributed by atoms with Crippen LogP contribution in [0.3, 0.4) is 0 Å². The summed E-state index contributed by atoms with van der Waals surface area (Å²) in [6, 6.07) is 2.00. The van der Waals surface area contributed by atoms with Gasteiger partial charge in [-0.25, -0.2) is 4.39 Å². The first-order chi connectivity index (χ1) is 11.5. The Hall–Kier alpha value is -2.38. The van der Waals surface area contributed by atoms with Gasteiger partial charge in [0, 0.05) is 33.4 Å². The summed E-state index contributed by atoms with van der Waals surface area (Å²) >= 11 is 0. The second-order valence-corrected chi connectivity index (χ2v) is 6.15. The summed E-state index contributed by atoms with van der Waals surface area (Å²) in [5.74, 6) is 0.454. The van der Waals surface area contributed by atoms with Gasteiger partial charge >= 0.3 is 6.01 Å². The van der Waals surface area contributed by atoms with Gasteiger partial charge in [-0.2, -0.15) is 0 Å². The molecule has 2 aromatic heterocycles. The Bertz CT molecular complexity index is 673. The van der Waals surface area contributed by atoms with Gasteiger partial charge in [0.15, 0.2) is 0 Å². The number of carbonyl (C=O) groups is 1. The summed E-state index contributed by atoms with van der Waals surface area (Å²) in [7, 11) is 1.74. The molecular weight excluding hydrogens is 315 g/mol. The van der Waals surface area contributed by atoms with Crippen LogP contribution >= 0.6 is 0 Å². The molecule has 1 aliphatic heterocycles. The monoisotopic (exact) mass is 336 g/mol. The molecule has 0 radical (unpaired) electrons. The van der Waals surface area contributed by atoms with E-state index in [4.69, 9.17) is 8.83 Å². The Morgan fingerprint density at radius 3 is 3.00 bits per heavy atom. The van der Waals surface area contributed by atoms with Crippen LogP contribution in [0.1, 0.15) is 24.3 Å². The van der Waals surface area contributed by atoms with Crippen LogP contribution in [0.25, 0.3) is 0 Å². The fraction of sp³-hybridized carbons (Fsp3) is 0.562. The molecule has 0 aliphatic carbocycles. The zero-order valence-electron chi connectivity index (χ0n) is 13.8. The van der Waals surface area contributed by atoms with Crippen molar-refractivity contribution in [1.29, 1.82) is 0 Å². The van der Waals surface area contributed by atoms with Crippen molar-refractivity contribution < 1.29 is 18.0 Å². The quantitative estimate of drug-likeness (QED) is 0.803. The van der Waals surface area contributed by atoms with Crippen LogP contribution in [0.15, 0.2) is 27.4 Å². The van der Waals surface area contributed by atoms with Gasteiger partial charge in [-0.3, -0.25) is 4.79 Å². The number of furan rings is 1. The van der Waals surface area contributed by atoms with Crippen LogP contribution in [0, 0.1) is 6.92 Å². The van der Waals surface area contributed by atoms with E-state index in [0.717, 1.165) is 5.56 Å². The summed E-state index contributed by atoms with van der Waals surface area (Å²) < 4.78 is 24.3. The Labute approximate surface area is 139 Å². The van der Waals surface area contributed by atoms with E-state index in [-0.39, 0.29) is 18.5 Å². The Morgan fingerprint density at radius 2 is 2.33 bits per heavy atom. The Kier molecular flexibility index (Phi) is 4.82. The highest BCUT2D eigenvalue weighted by atomic mass is 19.1. The Morgan fingerprint density at radius 1 is 1.50 bits per heavy atom. The van der Waals surface area contributed by atoms with Crippen molar-refractivity contribution in [3.63, 3.8) is 0 Å². The van der Waals surface area contributed by atoms with Gasteiger partial charge in [0.05, 0.1) is 25.1 Å². The molecule has 3 rings (SSSR count). The number of hydrogen-bond acceptors (Lipinski definition) is 6. The molecule has 130 valence electrons. The fourth-order valence-electron chi connectivity index (χ4n) is 2.96. The molecule has 1 aliphatic rings. The largest absolute Gasteiger partial charge is 0.472 e. The number of anilines is 1. The molecule has 1 saturated heterocycles. The highest BCUT2D eigenvalue weighted by Crippen LogP contribution is 2.26. The minimum absolute atomic E-state index is 0.0140. The SMILES string of the molecule is Cc1nnc(N2C[C@@H](F)C[C@H]2CN(C)C(=O)CCc2ccoc2)o1. The van der Waals surface area contributed by atoms with Crippen molar-refractivity contribution in [2.75, 3.05) is 25.0 Å². The molecule has 0 aromatic carbocycles. The van der Waals surface area contributed by atoms with E-state index in [2.05, 4.69) is 10.2 Å². The van der Waals surface area contributed by atoms with Crippen molar-refractivity contribution in [2.24, 2.45) is 0 Å². The van der Waals surface area contributed by atoms with Gasteiger partial charge in [-0.15, -0.1) is 5.10 Å². The van der Waals surface area contributed by atoms with E-state index in [1.165, 1.54) is 0 Å². The normalized spacial score (nSPS) is 20.5. The molecule has 2 atom stereocenters.